The normalized spacial score (nSPS) is 13.1. The molecule has 1 atom stereocenters. The first-order valence-electron chi connectivity index (χ1n) is 5.19. The summed E-state index contributed by atoms with van der Waals surface area (Å²) >= 11 is 1.86. The van der Waals surface area contributed by atoms with Gasteiger partial charge in [0.2, 0.25) is 0 Å². The molecule has 0 aliphatic carbocycles. The number of hydrogen-bond donors (Lipinski definition) is 1. The minimum Gasteiger partial charge on any atom is -0.327 e. The number of hydrogen-bond acceptors (Lipinski definition) is 2. The van der Waals surface area contributed by atoms with Crippen LogP contribution >= 0.6 is 11.8 Å². The molecule has 0 saturated heterocycles. The van der Waals surface area contributed by atoms with Crippen molar-refractivity contribution in [2.24, 2.45) is 5.73 Å². The van der Waals surface area contributed by atoms with Crippen molar-refractivity contribution in [1.29, 1.82) is 0 Å². The van der Waals surface area contributed by atoms with Crippen LogP contribution < -0.4 is 5.73 Å². The minimum atomic E-state index is -0.191. The Morgan fingerprint density at radius 3 is 2.40 bits per heavy atom. The summed E-state index contributed by atoms with van der Waals surface area (Å²) in [7, 11) is 0. The highest BCUT2D eigenvalue weighted by molar-refractivity contribution is 7.99. The molecule has 1 aromatic carbocycles. The molecule has 0 fully saturated rings. The zero-order chi connectivity index (χ0) is 11.3. The Balaban J connectivity index is 2.37. The minimum absolute atomic E-state index is 0.155. The van der Waals surface area contributed by atoms with E-state index in [1.54, 1.807) is 12.1 Å². The van der Waals surface area contributed by atoms with Gasteiger partial charge in [-0.1, -0.05) is 26.0 Å². The van der Waals surface area contributed by atoms with Gasteiger partial charge in [-0.15, -0.1) is 0 Å². The molecule has 0 bridgehead atoms. The highest BCUT2D eigenvalue weighted by Crippen LogP contribution is 2.12. The number of nitrogens with two attached hydrogens (primary N) is 1. The van der Waals surface area contributed by atoms with E-state index >= 15 is 0 Å². The SMILES string of the molecule is CC(C)SCC(N)Cc1ccc(F)cc1. The highest BCUT2D eigenvalue weighted by atomic mass is 32.2. The summed E-state index contributed by atoms with van der Waals surface area (Å²) in [4.78, 5) is 0. The Hall–Kier alpha value is -0.540. The standard InChI is InChI=1S/C12H18FNS/c1-9(2)15-8-12(14)7-10-3-5-11(13)6-4-10/h3-6,9,12H,7-8,14H2,1-2H3. The van der Waals surface area contributed by atoms with Gasteiger partial charge in [0.1, 0.15) is 5.82 Å². The third-order valence-electron chi connectivity index (χ3n) is 2.05. The summed E-state index contributed by atoms with van der Waals surface area (Å²) in [5.74, 6) is 0.763. The fourth-order valence-corrected chi connectivity index (χ4v) is 2.05. The Labute approximate surface area is 95.2 Å². The van der Waals surface area contributed by atoms with Crippen LogP contribution in [0.5, 0.6) is 0 Å². The predicted octanol–water partition coefficient (Wildman–Crippen LogP) is 2.84. The van der Waals surface area contributed by atoms with Crippen molar-refractivity contribution in [3.63, 3.8) is 0 Å². The summed E-state index contributed by atoms with van der Waals surface area (Å²) in [6.45, 7) is 4.32. The summed E-state index contributed by atoms with van der Waals surface area (Å²) in [5.41, 5.74) is 7.08. The molecule has 15 heavy (non-hydrogen) atoms. The largest absolute Gasteiger partial charge is 0.327 e. The molecular weight excluding hydrogens is 209 g/mol. The summed E-state index contributed by atoms with van der Waals surface area (Å²) in [6, 6.07) is 6.72. The molecular formula is C12H18FNS. The average molecular weight is 227 g/mol. The predicted molar refractivity (Wildman–Crippen MR) is 65.7 cm³/mol. The van der Waals surface area contributed by atoms with Gasteiger partial charge < -0.3 is 5.73 Å². The monoisotopic (exact) mass is 227 g/mol. The molecule has 0 aliphatic heterocycles. The van der Waals surface area contributed by atoms with Crippen LogP contribution in [0.3, 0.4) is 0 Å². The third-order valence-corrected chi connectivity index (χ3v) is 3.34. The van der Waals surface area contributed by atoms with Crippen molar-refractivity contribution in [2.45, 2.75) is 31.6 Å². The Kier molecular flexibility index (Phi) is 5.12. The molecule has 0 heterocycles. The van der Waals surface area contributed by atoms with Crippen molar-refractivity contribution in [3.05, 3.63) is 35.6 Å². The molecule has 0 spiro atoms. The summed E-state index contributed by atoms with van der Waals surface area (Å²) in [6.07, 6.45) is 0.819. The van der Waals surface area contributed by atoms with Crippen LogP contribution in [-0.2, 0) is 6.42 Å². The van der Waals surface area contributed by atoms with Crippen LogP contribution in [0.1, 0.15) is 19.4 Å². The van der Waals surface area contributed by atoms with E-state index in [0.29, 0.717) is 5.25 Å². The van der Waals surface area contributed by atoms with Crippen LogP contribution in [-0.4, -0.2) is 17.0 Å². The van der Waals surface area contributed by atoms with Crippen LogP contribution in [0.25, 0.3) is 0 Å². The average Bonchev–Trinajstić information content (AvgIpc) is 2.19. The van der Waals surface area contributed by atoms with E-state index in [0.717, 1.165) is 17.7 Å². The van der Waals surface area contributed by atoms with Gasteiger partial charge in [0.25, 0.3) is 0 Å². The van der Waals surface area contributed by atoms with Crippen molar-refractivity contribution in [3.8, 4) is 0 Å². The van der Waals surface area contributed by atoms with E-state index in [1.807, 2.05) is 11.8 Å². The fraction of sp³-hybridized carbons (Fsp3) is 0.500. The Morgan fingerprint density at radius 2 is 1.87 bits per heavy atom. The summed E-state index contributed by atoms with van der Waals surface area (Å²) < 4.78 is 12.6. The molecule has 84 valence electrons. The first-order chi connectivity index (χ1) is 7.08. The molecule has 1 nitrogen and oxygen atoms in total. The van der Waals surface area contributed by atoms with Crippen molar-refractivity contribution in [1.82, 2.24) is 0 Å². The van der Waals surface area contributed by atoms with Gasteiger partial charge in [0, 0.05) is 11.8 Å². The molecule has 0 aliphatic rings. The number of rotatable bonds is 5. The molecule has 2 N–H and O–H groups in total. The molecule has 1 rings (SSSR count). The maximum absolute atomic E-state index is 12.6. The quantitative estimate of drug-likeness (QED) is 0.837. The molecule has 1 aromatic rings. The van der Waals surface area contributed by atoms with Gasteiger partial charge in [0.15, 0.2) is 0 Å². The lowest BCUT2D eigenvalue weighted by molar-refractivity contribution is 0.626. The van der Waals surface area contributed by atoms with Gasteiger partial charge >= 0.3 is 0 Å². The second kappa shape index (κ2) is 6.13. The lowest BCUT2D eigenvalue weighted by Crippen LogP contribution is -2.26. The van der Waals surface area contributed by atoms with Crippen molar-refractivity contribution >= 4 is 11.8 Å². The fourth-order valence-electron chi connectivity index (χ4n) is 1.30. The molecule has 0 radical (unpaired) electrons. The first-order valence-corrected chi connectivity index (χ1v) is 6.24. The topological polar surface area (TPSA) is 26.0 Å². The number of benzene rings is 1. The van der Waals surface area contributed by atoms with Crippen LogP contribution in [0.4, 0.5) is 4.39 Å². The van der Waals surface area contributed by atoms with Gasteiger partial charge in [0.05, 0.1) is 0 Å². The van der Waals surface area contributed by atoms with E-state index in [4.69, 9.17) is 5.73 Å². The van der Waals surface area contributed by atoms with E-state index < -0.39 is 0 Å². The second-order valence-electron chi connectivity index (χ2n) is 3.97. The Bertz CT molecular complexity index is 284. The van der Waals surface area contributed by atoms with E-state index in [1.165, 1.54) is 12.1 Å². The lowest BCUT2D eigenvalue weighted by atomic mass is 10.1. The van der Waals surface area contributed by atoms with Crippen LogP contribution in [0.2, 0.25) is 0 Å². The van der Waals surface area contributed by atoms with E-state index in [9.17, 15) is 4.39 Å². The van der Waals surface area contributed by atoms with Crippen molar-refractivity contribution < 1.29 is 4.39 Å². The van der Waals surface area contributed by atoms with E-state index in [2.05, 4.69) is 13.8 Å². The molecule has 0 aromatic heterocycles. The van der Waals surface area contributed by atoms with E-state index in [-0.39, 0.29) is 11.9 Å². The zero-order valence-corrected chi connectivity index (χ0v) is 10.1. The van der Waals surface area contributed by atoms with Gasteiger partial charge in [-0.3, -0.25) is 0 Å². The second-order valence-corrected chi connectivity index (χ2v) is 5.58. The zero-order valence-electron chi connectivity index (χ0n) is 9.24. The maximum Gasteiger partial charge on any atom is 0.123 e. The van der Waals surface area contributed by atoms with Gasteiger partial charge in [-0.25, -0.2) is 4.39 Å². The Morgan fingerprint density at radius 1 is 1.27 bits per heavy atom. The first kappa shape index (κ1) is 12.5. The smallest absolute Gasteiger partial charge is 0.123 e. The van der Waals surface area contributed by atoms with Crippen LogP contribution in [0, 0.1) is 5.82 Å². The van der Waals surface area contributed by atoms with Gasteiger partial charge in [-0.05, 0) is 29.4 Å². The highest BCUT2D eigenvalue weighted by Gasteiger charge is 2.05. The van der Waals surface area contributed by atoms with Crippen LogP contribution in [0.15, 0.2) is 24.3 Å². The number of halogens is 1. The summed E-state index contributed by atoms with van der Waals surface area (Å²) in [5, 5.41) is 0.615. The maximum atomic E-state index is 12.6. The number of thioether (sulfide) groups is 1. The van der Waals surface area contributed by atoms with Crippen molar-refractivity contribution in [2.75, 3.05) is 5.75 Å². The molecule has 1 unspecified atom stereocenters. The third kappa shape index (κ3) is 5.19. The molecule has 0 amide bonds. The lowest BCUT2D eigenvalue weighted by Gasteiger charge is -2.12. The molecule has 3 heteroatoms. The van der Waals surface area contributed by atoms with Gasteiger partial charge in [-0.2, -0.15) is 11.8 Å². The molecule has 0 saturated carbocycles.